The molecule has 2 bridgehead atoms. The second kappa shape index (κ2) is 4.87. The van der Waals surface area contributed by atoms with Crippen molar-refractivity contribution in [1.82, 2.24) is 5.32 Å². The minimum Gasteiger partial charge on any atom is -0.309 e. The summed E-state index contributed by atoms with van der Waals surface area (Å²) in [6.45, 7) is 3.36. The molecule has 0 aromatic carbocycles. The van der Waals surface area contributed by atoms with Gasteiger partial charge in [-0.1, -0.05) is 12.2 Å². The molecule has 2 aliphatic rings. The van der Waals surface area contributed by atoms with Crippen molar-refractivity contribution in [2.45, 2.75) is 32.4 Å². The van der Waals surface area contributed by atoms with Crippen molar-refractivity contribution >= 4 is 27.3 Å². The summed E-state index contributed by atoms with van der Waals surface area (Å²) in [5.41, 5.74) is 0. The van der Waals surface area contributed by atoms with E-state index in [0.717, 1.165) is 24.3 Å². The highest BCUT2D eigenvalue weighted by molar-refractivity contribution is 9.11. The van der Waals surface area contributed by atoms with E-state index < -0.39 is 0 Å². The van der Waals surface area contributed by atoms with E-state index in [0.29, 0.717) is 6.04 Å². The molecule has 0 radical (unpaired) electrons. The lowest BCUT2D eigenvalue weighted by atomic mass is 9.87. The number of hydrogen-bond donors (Lipinski definition) is 1. The van der Waals surface area contributed by atoms with Gasteiger partial charge in [0.15, 0.2) is 0 Å². The molecule has 1 N–H and O–H groups in total. The van der Waals surface area contributed by atoms with Gasteiger partial charge in [0, 0.05) is 17.5 Å². The first kappa shape index (κ1) is 11.9. The third-order valence-corrected chi connectivity index (χ3v) is 5.82. The lowest BCUT2D eigenvalue weighted by Gasteiger charge is -2.26. The zero-order chi connectivity index (χ0) is 11.8. The second-order valence-electron chi connectivity index (χ2n) is 5.32. The van der Waals surface area contributed by atoms with Crippen LogP contribution in [-0.2, 0) is 6.54 Å². The van der Waals surface area contributed by atoms with Gasteiger partial charge in [-0.15, -0.1) is 11.3 Å². The first-order valence-electron chi connectivity index (χ1n) is 6.38. The Balaban J connectivity index is 1.54. The second-order valence-corrected chi connectivity index (χ2v) is 7.87. The third kappa shape index (κ3) is 2.51. The molecular formula is C14H18BrNS. The molecule has 0 saturated heterocycles. The standard InChI is InChI=1S/C14H18BrNS/c1-9(13-7-10-2-3-11(13)6-10)16-8-12-4-5-14(15)17-12/h2-5,9-11,13,16H,6-8H2,1H3. The van der Waals surface area contributed by atoms with Crippen LogP contribution in [0, 0.1) is 17.8 Å². The molecule has 92 valence electrons. The van der Waals surface area contributed by atoms with Crippen LogP contribution in [0.4, 0.5) is 0 Å². The van der Waals surface area contributed by atoms with Crippen LogP contribution in [0.1, 0.15) is 24.6 Å². The molecular weight excluding hydrogens is 294 g/mol. The quantitative estimate of drug-likeness (QED) is 0.822. The summed E-state index contributed by atoms with van der Waals surface area (Å²) in [6, 6.07) is 4.97. The largest absolute Gasteiger partial charge is 0.309 e. The fourth-order valence-corrected chi connectivity index (χ4v) is 4.69. The van der Waals surface area contributed by atoms with Gasteiger partial charge in [-0.25, -0.2) is 0 Å². The average Bonchev–Trinajstić information content (AvgIpc) is 3.01. The van der Waals surface area contributed by atoms with Crippen LogP contribution in [0.5, 0.6) is 0 Å². The van der Waals surface area contributed by atoms with Gasteiger partial charge >= 0.3 is 0 Å². The normalized spacial score (nSPS) is 32.2. The summed E-state index contributed by atoms with van der Waals surface area (Å²) in [7, 11) is 0. The molecule has 3 heteroatoms. The molecule has 1 nitrogen and oxygen atoms in total. The molecule has 0 spiro atoms. The fraction of sp³-hybridized carbons (Fsp3) is 0.571. The van der Waals surface area contributed by atoms with Gasteiger partial charge in [-0.3, -0.25) is 0 Å². The van der Waals surface area contributed by atoms with Crippen LogP contribution in [0.15, 0.2) is 28.1 Å². The predicted molar refractivity (Wildman–Crippen MR) is 77.2 cm³/mol. The van der Waals surface area contributed by atoms with E-state index in [1.807, 2.05) is 11.3 Å². The van der Waals surface area contributed by atoms with Crippen molar-refractivity contribution < 1.29 is 0 Å². The molecule has 0 aliphatic heterocycles. The molecule has 1 heterocycles. The SMILES string of the molecule is CC(NCc1ccc(Br)s1)C1CC2C=CC1C2. The molecule has 2 aliphatic carbocycles. The van der Waals surface area contributed by atoms with Gasteiger partial charge in [0.2, 0.25) is 0 Å². The maximum Gasteiger partial charge on any atom is 0.0701 e. The number of fused-ring (bicyclic) bond motifs is 2. The third-order valence-electron chi connectivity index (χ3n) is 4.20. The van der Waals surface area contributed by atoms with E-state index >= 15 is 0 Å². The monoisotopic (exact) mass is 311 g/mol. The minimum atomic E-state index is 0.635. The Morgan fingerprint density at radius 3 is 2.88 bits per heavy atom. The summed E-state index contributed by atoms with van der Waals surface area (Å²) in [5.74, 6) is 2.58. The Morgan fingerprint density at radius 1 is 1.41 bits per heavy atom. The van der Waals surface area contributed by atoms with Crippen LogP contribution in [0.3, 0.4) is 0 Å². The zero-order valence-electron chi connectivity index (χ0n) is 10.0. The molecule has 0 amide bonds. The zero-order valence-corrected chi connectivity index (χ0v) is 12.4. The average molecular weight is 312 g/mol. The smallest absolute Gasteiger partial charge is 0.0701 e. The predicted octanol–water partition coefficient (Wildman–Crippen LogP) is 4.20. The van der Waals surface area contributed by atoms with E-state index in [1.165, 1.54) is 21.5 Å². The molecule has 17 heavy (non-hydrogen) atoms. The van der Waals surface area contributed by atoms with E-state index in [4.69, 9.17) is 0 Å². The molecule has 3 rings (SSSR count). The van der Waals surface area contributed by atoms with Crippen LogP contribution in [0.25, 0.3) is 0 Å². The van der Waals surface area contributed by atoms with Crippen molar-refractivity contribution in [3.8, 4) is 0 Å². The first-order chi connectivity index (χ1) is 8.22. The molecule has 4 atom stereocenters. The molecule has 1 saturated carbocycles. The maximum absolute atomic E-state index is 3.69. The van der Waals surface area contributed by atoms with E-state index in [2.05, 4.69) is 52.5 Å². The Kier molecular flexibility index (Phi) is 3.42. The van der Waals surface area contributed by atoms with Crippen LogP contribution >= 0.6 is 27.3 Å². The van der Waals surface area contributed by atoms with Crippen LogP contribution < -0.4 is 5.32 Å². The molecule has 4 unspecified atom stereocenters. The fourth-order valence-electron chi connectivity index (χ4n) is 3.26. The van der Waals surface area contributed by atoms with E-state index in [-0.39, 0.29) is 0 Å². The highest BCUT2D eigenvalue weighted by atomic mass is 79.9. The number of rotatable bonds is 4. The van der Waals surface area contributed by atoms with Crippen molar-refractivity contribution in [3.63, 3.8) is 0 Å². The van der Waals surface area contributed by atoms with Crippen molar-refractivity contribution in [3.05, 3.63) is 32.9 Å². The summed E-state index contributed by atoms with van der Waals surface area (Å²) in [6.07, 6.45) is 7.66. The number of allylic oxidation sites excluding steroid dienone is 2. The van der Waals surface area contributed by atoms with Gasteiger partial charge in [-0.05, 0) is 65.6 Å². The minimum absolute atomic E-state index is 0.635. The summed E-state index contributed by atoms with van der Waals surface area (Å²) in [5, 5.41) is 3.69. The van der Waals surface area contributed by atoms with Crippen LogP contribution in [0.2, 0.25) is 0 Å². The Bertz CT molecular complexity index is 426. The molecule has 1 fully saturated rings. The lowest BCUT2D eigenvalue weighted by molar-refractivity contribution is 0.327. The van der Waals surface area contributed by atoms with Gasteiger partial charge in [-0.2, -0.15) is 0 Å². The first-order valence-corrected chi connectivity index (χ1v) is 7.99. The molecule has 1 aromatic rings. The number of nitrogens with one attached hydrogen (secondary N) is 1. The van der Waals surface area contributed by atoms with Crippen molar-refractivity contribution in [1.29, 1.82) is 0 Å². The number of hydrogen-bond acceptors (Lipinski definition) is 2. The summed E-state index contributed by atoms with van der Waals surface area (Å²) >= 11 is 5.34. The molecule has 1 aromatic heterocycles. The van der Waals surface area contributed by atoms with Gasteiger partial charge in [0.25, 0.3) is 0 Å². The van der Waals surface area contributed by atoms with Crippen molar-refractivity contribution in [2.24, 2.45) is 17.8 Å². The van der Waals surface area contributed by atoms with Gasteiger partial charge in [0.05, 0.1) is 3.79 Å². The van der Waals surface area contributed by atoms with Crippen LogP contribution in [-0.4, -0.2) is 6.04 Å². The van der Waals surface area contributed by atoms with Gasteiger partial charge in [0.1, 0.15) is 0 Å². The van der Waals surface area contributed by atoms with Crippen molar-refractivity contribution in [2.75, 3.05) is 0 Å². The van der Waals surface area contributed by atoms with Gasteiger partial charge < -0.3 is 5.32 Å². The topological polar surface area (TPSA) is 12.0 Å². The Hall–Kier alpha value is -0.120. The summed E-state index contributed by atoms with van der Waals surface area (Å²) in [4.78, 5) is 1.42. The maximum atomic E-state index is 3.69. The highest BCUT2D eigenvalue weighted by Gasteiger charge is 2.38. The Morgan fingerprint density at radius 2 is 2.29 bits per heavy atom. The van der Waals surface area contributed by atoms with E-state index in [1.54, 1.807) is 0 Å². The van der Waals surface area contributed by atoms with E-state index in [9.17, 15) is 0 Å². The summed E-state index contributed by atoms with van der Waals surface area (Å²) < 4.78 is 1.23. The highest BCUT2D eigenvalue weighted by Crippen LogP contribution is 2.44. The number of halogens is 1. The Labute approximate surface area is 115 Å². The number of thiophene rings is 1. The lowest BCUT2D eigenvalue weighted by Crippen LogP contribution is -2.34.